The van der Waals surface area contributed by atoms with Crippen molar-refractivity contribution < 1.29 is 32.2 Å². The van der Waals surface area contributed by atoms with Crippen molar-refractivity contribution in [3.63, 3.8) is 0 Å². The third kappa shape index (κ3) is 5.25. The molecule has 0 saturated carbocycles. The van der Waals surface area contributed by atoms with E-state index in [1.165, 1.54) is 24.3 Å². The van der Waals surface area contributed by atoms with Gasteiger partial charge in [-0.05, 0) is 48.5 Å². The first-order valence-corrected chi connectivity index (χ1v) is 9.13. The van der Waals surface area contributed by atoms with Gasteiger partial charge in [0.15, 0.2) is 6.04 Å². The largest absolute Gasteiger partial charge is 0.467 e. The fourth-order valence-corrected chi connectivity index (χ4v) is 3.14. The van der Waals surface area contributed by atoms with Gasteiger partial charge in [0.05, 0.1) is 18.6 Å². The summed E-state index contributed by atoms with van der Waals surface area (Å²) >= 11 is 0. The molecular weight excluding hydrogens is 379 g/mol. The highest BCUT2D eigenvalue weighted by molar-refractivity contribution is 7.92. The van der Waals surface area contributed by atoms with Crippen LogP contribution < -0.4 is 10.0 Å². The third-order valence-electron chi connectivity index (χ3n) is 3.50. The lowest BCUT2D eigenvalue weighted by molar-refractivity contribution is -0.143. The second-order valence-electron chi connectivity index (χ2n) is 5.37. The molecule has 8 nitrogen and oxygen atoms in total. The molecular formula is C17H17FN2O6S. The Labute approximate surface area is 155 Å². The van der Waals surface area contributed by atoms with Crippen molar-refractivity contribution in [3.8, 4) is 0 Å². The summed E-state index contributed by atoms with van der Waals surface area (Å²) < 4.78 is 44.1. The maximum absolute atomic E-state index is 12.9. The van der Waals surface area contributed by atoms with Crippen molar-refractivity contribution in [1.82, 2.24) is 5.32 Å². The predicted molar refractivity (Wildman–Crippen MR) is 94.0 cm³/mol. The smallest absolute Gasteiger partial charge is 0.330 e. The molecule has 0 bridgehead atoms. The first-order valence-electron chi connectivity index (χ1n) is 7.65. The summed E-state index contributed by atoms with van der Waals surface area (Å²) in [5.74, 6) is -2.00. The Balaban J connectivity index is 2.09. The van der Waals surface area contributed by atoms with Gasteiger partial charge in [-0.2, -0.15) is 0 Å². The van der Waals surface area contributed by atoms with E-state index in [0.29, 0.717) is 0 Å². The van der Waals surface area contributed by atoms with Crippen molar-refractivity contribution >= 4 is 27.6 Å². The zero-order chi connectivity index (χ0) is 20.0. The number of methoxy groups -OCH3 is 1. The lowest BCUT2D eigenvalue weighted by Gasteiger charge is -2.14. The predicted octanol–water partition coefficient (Wildman–Crippen LogP) is 0.890. The first kappa shape index (κ1) is 20.3. The van der Waals surface area contributed by atoms with E-state index >= 15 is 0 Å². The molecule has 2 aromatic carbocycles. The molecule has 0 aliphatic rings. The van der Waals surface area contributed by atoms with Crippen LogP contribution in [0.4, 0.5) is 10.1 Å². The van der Waals surface area contributed by atoms with E-state index in [-0.39, 0.29) is 16.1 Å². The maximum Gasteiger partial charge on any atom is 0.330 e. The monoisotopic (exact) mass is 396 g/mol. The Kier molecular flexibility index (Phi) is 6.48. The number of nitrogens with one attached hydrogen (secondary N) is 2. The molecule has 144 valence electrons. The molecule has 1 amide bonds. The van der Waals surface area contributed by atoms with Crippen LogP contribution >= 0.6 is 0 Å². The average molecular weight is 396 g/mol. The van der Waals surface area contributed by atoms with Gasteiger partial charge >= 0.3 is 5.97 Å². The Bertz CT molecular complexity index is 913. The number of halogens is 1. The number of rotatable bonds is 7. The zero-order valence-electron chi connectivity index (χ0n) is 14.2. The number of anilines is 1. The number of hydrogen-bond donors (Lipinski definition) is 3. The fraction of sp³-hybridized carbons (Fsp3) is 0.176. The number of amides is 1. The molecule has 0 heterocycles. The van der Waals surface area contributed by atoms with Crippen LogP contribution in [0, 0.1) is 5.82 Å². The SMILES string of the molecule is COC(=O)[C@H](CO)NC(=O)c1ccc(NS(=O)(=O)c2ccc(F)cc2)cc1. The molecule has 3 N–H and O–H groups in total. The molecule has 0 spiro atoms. The maximum atomic E-state index is 12.9. The minimum Gasteiger partial charge on any atom is -0.467 e. The van der Waals surface area contributed by atoms with Crippen molar-refractivity contribution in [2.75, 3.05) is 18.4 Å². The number of benzene rings is 2. The molecule has 2 aromatic rings. The topological polar surface area (TPSA) is 122 Å². The van der Waals surface area contributed by atoms with E-state index in [0.717, 1.165) is 31.4 Å². The van der Waals surface area contributed by atoms with Gasteiger partial charge in [0.2, 0.25) is 0 Å². The van der Waals surface area contributed by atoms with Crippen LogP contribution in [-0.4, -0.2) is 45.2 Å². The fourth-order valence-electron chi connectivity index (χ4n) is 2.08. The Morgan fingerprint density at radius 2 is 1.70 bits per heavy atom. The number of sulfonamides is 1. The second kappa shape index (κ2) is 8.60. The molecule has 0 saturated heterocycles. The standard InChI is InChI=1S/C17H17FN2O6S/c1-26-17(23)15(10-21)19-16(22)11-2-6-13(7-3-11)20-27(24,25)14-8-4-12(18)5-9-14/h2-9,15,20-21H,10H2,1H3,(H,19,22)/t15-/m0/s1. The van der Waals surface area contributed by atoms with E-state index < -0.39 is 40.4 Å². The van der Waals surface area contributed by atoms with Crippen molar-refractivity contribution in [1.29, 1.82) is 0 Å². The van der Waals surface area contributed by atoms with Gasteiger partial charge in [-0.25, -0.2) is 17.6 Å². The van der Waals surface area contributed by atoms with Gasteiger partial charge in [-0.3, -0.25) is 9.52 Å². The summed E-state index contributed by atoms with van der Waals surface area (Å²) in [6.07, 6.45) is 0. The third-order valence-corrected chi connectivity index (χ3v) is 4.89. The number of aliphatic hydroxyl groups is 1. The van der Waals surface area contributed by atoms with E-state index in [1.807, 2.05) is 0 Å². The minimum atomic E-state index is -3.91. The number of esters is 1. The van der Waals surface area contributed by atoms with Crippen molar-refractivity contribution in [3.05, 3.63) is 59.9 Å². The number of hydrogen-bond acceptors (Lipinski definition) is 6. The lowest BCUT2D eigenvalue weighted by Crippen LogP contribution is -2.44. The summed E-state index contributed by atoms with van der Waals surface area (Å²) in [6.45, 7) is -0.631. The van der Waals surface area contributed by atoms with Crippen LogP contribution in [0.1, 0.15) is 10.4 Å². The van der Waals surface area contributed by atoms with Gasteiger partial charge < -0.3 is 15.2 Å². The molecule has 2 rings (SSSR count). The van der Waals surface area contributed by atoms with E-state index in [4.69, 9.17) is 5.11 Å². The van der Waals surface area contributed by atoms with Crippen LogP contribution in [0.2, 0.25) is 0 Å². The molecule has 0 aromatic heterocycles. The van der Waals surface area contributed by atoms with Gasteiger partial charge in [-0.1, -0.05) is 0 Å². The molecule has 0 radical (unpaired) electrons. The van der Waals surface area contributed by atoms with Crippen LogP contribution in [0.3, 0.4) is 0 Å². The molecule has 27 heavy (non-hydrogen) atoms. The van der Waals surface area contributed by atoms with Crippen LogP contribution in [0.15, 0.2) is 53.4 Å². The van der Waals surface area contributed by atoms with Crippen LogP contribution in [-0.2, 0) is 19.6 Å². The van der Waals surface area contributed by atoms with Crippen molar-refractivity contribution in [2.24, 2.45) is 0 Å². The van der Waals surface area contributed by atoms with Gasteiger partial charge in [0.25, 0.3) is 15.9 Å². The highest BCUT2D eigenvalue weighted by atomic mass is 32.2. The molecule has 0 fully saturated rings. The molecule has 0 unspecified atom stereocenters. The van der Waals surface area contributed by atoms with E-state index in [1.54, 1.807) is 0 Å². The highest BCUT2D eigenvalue weighted by Gasteiger charge is 2.21. The summed E-state index contributed by atoms with van der Waals surface area (Å²) in [6, 6.07) is 8.47. The summed E-state index contributed by atoms with van der Waals surface area (Å²) in [5, 5.41) is 11.4. The van der Waals surface area contributed by atoms with Crippen LogP contribution in [0.25, 0.3) is 0 Å². The molecule has 0 aliphatic carbocycles. The van der Waals surface area contributed by atoms with Gasteiger partial charge in [-0.15, -0.1) is 0 Å². The minimum absolute atomic E-state index is 0.116. The Morgan fingerprint density at radius 3 is 2.22 bits per heavy atom. The molecule has 0 aliphatic heterocycles. The van der Waals surface area contributed by atoms with Gasteiger partial charge in [0.1, 0.15) is 5.82 Å². The number of carbonyl (C=O) groups is 2. The average Bonchev–Trinajstić information content (AvgIpc) is 2.66. The highest BCUT2D eigenvalue weighted by Crippen LogP contribution is 2.17. The zero-order valence-corrected chi connectivity index (χ0v) is 15.0. The second-order valence-corrected chi connectivity index (χ2v) is 7.05. The number of ether oxygens (including phenoxy) is 1. The Hall–Kier alpha value is -2.98. The first-order chi connectivity index (χ1) is 12.8. The van der Waals surface area contributed by atoms with Gasteiger partial charge in [0, 0.05) is 11.3 Å². The van der Waals surface area contributed by atoms with Crippen LogP contribution in [0.5, 0.6) is 0 Å². The van der Waals surface area contributed by atoms with Crippen molar-refractivity contribution in [2.45, 2.75) is 10.9 Å². The normalized spacial score (nSPS) is 12.1. The molecule has 1 atom stereocenters. The summed E-state index contributed by atoms with van der Waals surface area (Å²) in [5.41, 5.74) is 0.324. The number of aliphatic hydroxyl groups excluding tert-OH is 1. The van der Waals surface area contributed by atoms with E-state index in [9.17, 15) is 22.4 Å². The quantitative estimate of drug-likeness (QED) is 0.598. The summed E-state index contributed by atoms with van der Waals surface area (Å²) in [7, 11) is -2.79. The Morgan fingerprint density at radius 1 is 1.11 bits per heavy atom. The van der Waals surface area contributed by atoms with E-state index in [2.05, 4.69) is 14.8 Å². The number of carbonyl (C=O) groups excluding carboxylic acids is 2. The molecule has 10 heteroatoms. The lowest BCUT2D eigenvalue weighted by atomic mass is 10.2. The summed E-state index contributed by atoms with van der Waals surface area (Å²) in [4.78, 5) is 23.3.